The second-order valence-corrected chi connectivity index (χ2v) is 6.37. The highest BCUT2D eigenvalue weighted by molar-refractivity contribution is 6.30. The molecule has 1 N–H and O–H groups in total. The molecule has 0 bridgehead atoms. The van der Waals surface area contributed by atoms with E-state index in [1.807, 2.05) is 43.3 Å². The molecular weight excluding hydrogens is 294 g/mol. The molecule has 2 atom stereocenters. The van der Waals surface area contributed by atoms with Crippen molar-refractivity contribution in [3.63, 3.8) is 0 Å². The molecule has 1 aliphatic carbocycles. The molecule has 1 aliphatic rings. The van der Waals surface area contributed by atoms with E-state index >= 15 is 0 Å². The lowest BCUT2D eigenvalue weighted by atomic mass is 9.82. The van der Waals surface area contributed by atoms with Crippen LogP contribution in [-0.4, -0.2) is 5.91 Å². The Labute approximate surface area is 136 Å². The topological polar surface area (TPSA) is 29.1 Å². The number of amides is 1. The molecule has 0 unspecified atom stereocenters. The molecule has 0 aliphatic heterocycles. The molecule has 114 valence electrons. The van der Waals surface area contributed by atoms with Crippen molar-refractivity contribution in [1.29, 1.82) is 0 Å². The molecule has 2 aromatic rings. The van der Waals surface area contributed by atoms with E-state index in [0.29, 0.717) is 5.02 Å². The number of rotatable bonds is 3. The van der Waals surface area contributed by atoms with Gasteiger partial charge in [-0.2, -0.15) is 0 Å². The Hall–Kier alpha value is -1.80. The smallest absolute Gasteiger partial charge is 0.228 e. The molecule has 1 amide bonds. The quantitative estimate of drug-likeness (QED) is 0.879. The van der Waals surface area contributed by atoms with Crippen molar-refractivity contribution in [3.05, 3.63) is 70.2 Å². The van der Waals surface area contributed by atoms with E-state index in [2.05, 4.69) is 17.4 Å². The number of hydrogen-bond donors (Lipinski definition) is 1. The van der Waals surface area contributed by atoms with Crippen LogP contribution in [0.4, 0.5) is 0 Å². The van der Waals surface area contributed by atoms with Gasteiger partial charge in [0.05, 0.1) is 12.0 Å². The van der Waals surface area contributed by atoms with E-state index in [0.717, 1.165) is 24.8 Å². The zero-order valence-corrected chi connectivity index (χ0v) is 13.4. The van der Waals surface area contributed by atoms with Gasteiger partial charge in [-0.15, -0.1) is 0 Å². The Morgan fingerprint density at radius 1 is 1.23 bits per heavy atom. The highest BCUT2D eigenvalue weighted by Crippen LogP contribution is 2.32. The second kappa shape index (κ2) is 6.53. The van der Waals surface area contributed by atoms with E-state index in [1.165, 1.54) is 11.1 Å². The van der Waals surface area contributed by atoms with E-state index in [4.69, 9.17) is 11.6 Å². The Morgan fingerprint density at radius 2 is 2.05 bits per heavy atom. The molecule has 0 fully saturated rings. The maximum absolute atomic E-state index is 12.7. The predicted octanol–water partition coefficient (Wildman–Crippen LogP) is 4.64. The van der Waals surface area contributed by atoms with Crippen molar-refractivity contribution < 1.29 is 4.79 Å². The van der Waals surface area contributed by atoms with Crippen LogP contribution in [0.5, 0.6) is 0 Å². The van der Waals surface area contributed by atoms with Gasteiger partial charge in [-0.3, -0.25) is 4.79 Å². The summed E-state index contributed by atoms with van der Waals surface area (Å²) in [6.45, 7) is 2.00. The summed E-state index contributed by atoms with van der Waals surface area (Å²) in [4.78, 5) is 12.7. The van der Waals surface area contributed by atoms with Crippen molar-refractivity contribution in [3.8, 4) is 0 Å². The minimum atomic E-state index is -0.0414. The maximum atomic E-state index is 12.7. The third kappa shape index (κ3) is 3.17. The van der Waals surface area contributed by atoms with Gasteiger partial charge in [0.25, 0.3) is 0 Å². The first-order valence-electron chi connectivity index (χ1n) is 7.79. The van der Waals surface area contributed by atoms with Gasteiger partial charge in [-0.25, -0.2) is 0 Å². The van der Waals surface area contributed by atoms with Gasteiger partial charge in [-0.1, -0.05) is 48.0 Å². The molecule has 2 aromatic carbocycles. The van der Waals surface area contributed by atoms with E-state index in [-0.39, 0.29) is 17.9 Å². The fourth-order valence-electron chi connectivity index (χ4n) is 3.20. The number of hydrogen-bond acceptors (Lipinski definition) is 1. The highest BCUT2D eigenvalue weighted by atomic mass is 35.5. The normalized spacial score (nSPS) is 18.4. The zero-order valence-electron chi connectivity index (χ0n) is 12.7. The minimum absolute atomic E-state index is 0.0356. The summed E-state index contributed by atoms with van der Waals surface area (Å²) in [5.41, 5.74) is 3.53. The van der Waals surface area contributed by atoms with Gasteiger partial charge < -0.3 is 5.32 Å². The van der Waals surface area contributed by atoms with Crippen LogP contribution in [0.2, 0.25) is 5.02 Å². The summed E-state index contributed by atoms with van der Waals surface area (Å²) in [5.74, 6) is 0.0752. The molecule has 0 heterocycles. The summed E-state index contributed by atoms with van der Waals surface area (Å²) in [6, 6.07) is 15.9. The second-order valence-electron chi connectivity index (χ2n) is 5.93. The first kappa shape index (κ1) is 15.1. The first-order chi connectivity index (χ1) is 10.6. The summed E-state index contributed by atoms with van der Waals surface area (Å²) in [5, 5.41) is 3.83. The molecular formula is C19H20ClNO. The lowest BCUT2D eigenvalue weighted by molar-refractivity contribution is -0.123. The number of fused-ring (bicyclic) bond motifs is 1. The van der Waals surface area contributed by atoms with Crippen LogP contribution in [0.3, 0.4) is 0 Å². The molecule has 0 aromatic heterocycles. The van der Waals surface area contributed by atoms with Crippen LogP contribution in [-0.2, 0) is 11.2 Å². The molecule has 3 rings (SSSR count). The van der Waals surface area contributed by atoms with Crippen LogP contribution in [0.1, 0.15) is 48.4 Å². The van der Waals surface area contributed by atoms with Gasteiger partial charge in [0, 0.05) is 5.02 Å². The number of aryl methyl sites for hydroxylation is 1. The monoisotopic (exact) mass is 313 g/mol. The Kier molecular flexibility index (Phi) is 4.49. The van der Waals surface area contributed by atoms with E-state index < -0.39 is 0 Å². The van der Waals surface area contributed by atoms with Gasteiger partial charge >= 0.3 is 0 Å². The molecule has 0 saturated carbocycles. The fraction of sp³-hybridized carbons (Fsp3) is 0.316. The standard InChI is InChI=1S/C19H20ClNO/c1-13(15-8-4-9-16(20)12-15)21-19(22)18-11-5-7-14-6-2-3-10-17(14)18/h2-4,6,8-10,12-13,18H,5,7,11H2,1H3,(H,21,22)/t13-,18+/m0/s1. The number of halogens is 1. The summed E-state index contributed by atoms with van der Waals surface area (Å²) in [6.07, 6.45) is 3.07. The van der Waals surface area contributed by atoms with Crippen LogP contribution in [0.25, 0.3) is 0 Å². The van der Waals surface area contributed by atoms with Gasteiger partial charge in [-0.05, 0) is 55.0 Å². The Balaban J connectivity index is 1.75. The van der Waals surface area contributed by atoms with Crippen LogP contribution in [0.15, 0.2) is 48.5 Å². The van der Waals surface area contributed by atoms with Crippen LogP contribution < -0.4 is 5.32 Å². The Morgan fingerprint density at radius 3 is 2.86 bits per heavy atom. The Bertz CT molecular complexity index is 683. The summed E-state index contributed by atoms with van der Waals surface area (Å²) >= 11 is 6.03. The minimum Gasteiger partial charge on any atom is -0.349 e. The molecule has 0 saturated heterocycles. The summed E-state index contributed by atoms with van der Waals surface area (Å²) in [7, 11) is 0. The number of benzene rings is 2. The maximum Gasteiger partial charge on any atom is 0.228 e. The molecule has 0 spiro atoms. The van der Waals surface area contributed by atoms with Gasteiger partial charge in [0.15, 0.2) is 0 Å². The highest BCUT2D eigenvalue weighted by Gasteiger charge is 2.27. The largest absolute Gasteiger partial charge is 0.349 e. The molecule has 2 nitrogen and oxygen atoms in total. The van der Waals surface area contributed by atoms with Crippen LogP contribution >= 0.6 is 11.6 Å². The van der Waals surface area contributed by atoms with Crippen molar-refractivity contribution in [2.24, 2.45) is 0 Å². The van der Waals surface area contributed by atoms with Crippen molar-refractivity contribution in [2.45, 2.75) is 38.1 Å². The van der Waals surface area contributed by atoms with Gasteiger partial charge in [0.2, 0.25) is 5.91 Å². The third-order valence-corrected chi connectivity index (χ3v) is 4.63. The average molecular weight is 314 g/mol. The number of nitrogens with one attached hydrogen (secondary N) is 1. The van der Waals surface area contributed by atoms with Crippen LogP contribution in [0, 0.1) is 0 Å². The third-order valence-electron chi connectivity index (χ3n) is 4.39. The van der Waals surface area contributed by atoms with Gasteiger partial charge in [0.1, 0.15) is 0 Å². The molecule has 0 radical (unpaired) electrons. The number of carbonyl (C=O) groups is 1. The lowest BCUT2D eigenvalue weighted by Gasteiger charge is -2.26. The predicted molar refractivity (Wildman–Crippen MR) is 90.1 cm³/mol. The van der Waals surface area contributed by atoms with Crippen molar-refractivity contribution in [1.82, 2.24) is 5.32 Å². The van der Waals surface area contributed by atoms with Crippen molar-refractivity contribution in [2.75, 3.05) is 0 Å². The SMILES string of the molecule is C[C@H](NC(=O)[C@@H]1CCCc2ccccc21)c1cccc(Cl)c1. The first-order valence-corrected chi connectivity index (χ1v) is 8.16. The van der Waals surface area contributed by atoms with E-state index in [1.54, 1.807) is 0 Å². The number of carbonyl (C=O) groups excluding carboxylic acids is 1. The lowest BCUT2D eigenvalue weighted by Crippen LogP contribution is -2.33. The molecule has 3 heteroatoms. The summed E-state index contributed by atoms with van der Waals surface area (Å²) < 4.78 is 0. The molecule has 22 heavy (non-hydrogen) atoms. The fourth-order valence-corrected chi connectivity index (χ4v) is 3.40. The van der Waals surface area contributed by atoms with E-state index in [9.17, 15) is 4.79 Å². The average Bonchev–Trinajstić information content (AvgIpc) is 2.54. The van der Waals surface area contributed by atoms with Crippen molar-refractivity contribution >= 4 is 17.5 Å². The zero-order chi connectivity index (χ0) is 15.5.